The molecular formula is C17H33N3O2. The first-order valence-electron chi connectivity index (χ1n) is 8.67. The minimum atomic E-state index is -0.135. The predicted molar refractivity (Wildman–Crippen MR) is 91.0 cm³/mol. The summed E-state index contributed by atoms with van der Waals surface area (Å²) in [5, 5.41) is 6.68. The Balaban J connectivity index is 2.06. The monoisotopic (exact) mass is 311 g/mol. The number of unbranched alkanes of at least 4 members (excludes halogenated alkanes) is 1. The van der Waals surface area contributed by atoms with Crippen LogP contribution in [-0.4, -0.2) is 39.2 Å². The fourth-order valence-electron chi connectivity index (χ4n) is 3.14. The summed E-state index contributed by atoms with van der Waals surface area (Å²) in [5.41, 5.74) is 0. The molecule has 1 rings (SSSR count). The van der Waals surface area contributed by atoms with E-state index < -0.39 is 0 Å². The molecule has 5 heteroatoms. The zero-order chi connectivity index (χ0) is 16.2. The number of guanidine groups is 1. The lowest BCUT2D eigenvalue weighted by molar-refractivity contribution is -0.140. The van der Waals surface area contributed by atoms with Gasteiger partial charge in [0.05, 0.1) is 7.11 Å². The van der Waals surface area contributed by atoms with Crippen LogP contribution in [0.15, 0.2) is 4.99 Å². The predicted octanol–water partition coefficient (Wildman–Crippen LogP) is 2.71. The molecule has 0 aromatic heterocycles. The quantitative estimate of drug-likeness (QED) is 0.313. The number of hydrogen-bond acceptors (Lipinski definition) is 3. The fourth-order valence-corrected chi connectivity index (χ4v) is 3.14. The molecule has 0 amide bonds. The lowest BCUT2D eigenvalue weighted by Crippen LogP contribution is -2.38. The van der Waals surface area contributed by atoms with Crippen LogP contribution in [0.25, 0.3) is 0 Å². The summed E-state index contributed by atoms with van der Waals surface area (Å²) in [4.78, 5) is 15.2. The summed E-state index contributed by atoms with van der Waals surface area (Å²) < 4.78 is 4.62. The second kappa shape index (κ2) is 11.3. The van der Waals surface area contributed by atoms with Crippen molar-refractivity contribution in [1.29, 1.82) is 0 Å². The lowest BCUT2D eigenvalue weighted by atomic mass is 9.81. The number of rotatable bonds is 8. The Morgan fingerprint density at radius 1 is 1.23 bits per heavy atom. The van der Waals surface area contributed by atoms with Gasteiger partial charge < -0.3 is 15.4 Å². The van der Waals surface area contributed by atoms with Gasteiger partial charge in [-0.1, -0.05) is 26.2 Å². The number of nitrogens with zero attached hydrogens (tertiary/aromatic N) is 1. The van der Waals surface area contributed by atoms with Gasteiger partial charge in [0, 0.05) is 26.6 Å². The highest BCUT2D eigenvalue weighted by atomic mass is 16.5. The molecule has 1 aliphatic carbocycles. The van der Waals surface area contributed by atoms with E-state index >= 15 is 0 Å². The molecule has 1 fully saturated rings. The molecule has 22 heavy (non-hydrogen) atoms. The first kappa shape index (κ1) is 18.8. The van der Waals surface area contributed by atoms with Crippen LogP contribution >= 0.6 is 0 Å². The van der Waals surface area contributed by atoms with Crippen LogP contribution < -0.4 is 10.6 Å². The maximum absolute atomic E-state index is 11.0. The molecule has 0 saturated heterocycles. The number of nitrogens with one attached hydrogen (secondary N) is 2. The van der Waals surface area contributed by atoms with E-state index in [-0.39, 0.29) is 5.97 Å². The summed E-state index contributed by atoms with van der Waals surface area (Å²) in [6.07, 6.45) is 9.05. The molecule has 0 bridgehead atoms. The van der Waals surface area contributed by atoms with E-state index in [0.717, 1.165) is 43.7 Å². The summed E-state index contributed by atoms with van der Waals surface area (Å²) in [5.74, 6) is 2.49. The van der Waals surface area contributed by atoms with Crippen molar-refractivity contribution in [1.82, 2.24) is 10.6 Å². The Morgan fingerprint density at radius 3 is 2.68 bits per heavy atom. The smallest absolute Gasteiger partial charge is 0.305 e. The molecular weight excluding hydrogens is 278 g/mol. The largest absolute Gasteiger partial charge is 0.469 e. The third-order valence-corrected chi connectivity index (χ3v) is 4.44. The third-order valence-electron chi connectivity index (χ3n) is 4.44. The maximum Gasteiger partial charge on any atom is 0.305 e. The van der Waals surface area contributed by atoms with Gasteiger partial charge in [-0.05, 0) is 37.5 Å². The number of carbonyl (C=O) groups is 1. The van der Waals surface area contributed by atoms with Gasteiger partial charge in [-0.25, -0.2) is 0 Å². The number of aliphatic imine (C=N–C) groups is 1. The second-order valence-electron chi connectivity index (χ2n) is 6.39. The van der Waals surface area contributed by atoms with E-state index in [0.29, 0.717) is 6.42 Å². The first-order chi connectivity index (χ1) is 10.7. The van der Waals surface area contributed by atoms with Crippen molar-refractivity contribution in [2.75, 3.05) is 27.2 Å². The molecule has 1 aliphatic rings. The Labute approximate surface area is 135 Å². The van der Waals surface area contributed by atoms with Crippen molar-refractivity contribution < 1.29 is 9.53 Å². The van der Waals surface area contributed by atoms with Gasteiger partial charge in [-0.15, -0.1) is 0 Å². The summed E-state index contributed by atoms with van der Waals surface area (Å²) in [6, 6.07) is 0. The standard InChI is InChI=1S/C17H33N3O2/c1-14-7-6-8-15(13-14)10-12-20-17(18-2)19-11-5-4-9-16(21)22-3/h14-15H,4-13H2,1-3H3,(H2,18,19,20). The number of methoxy groups -OCH3 is 1. The molecule has 2 atom stereocenters. The topological polar surface area (TPSA) is 62.7 Å². The average Bonchev–Trinajstić information content (AvgIpc) is 2.52. The van der Waals surface area contributed by atoms with Crippen LogP contribution in [0.3, 0.4) is 0 Å². The van der Waals surface area contributed by atoms with Crippen LogP contribution in [-0.2, 0) is 9.53 Å². The molecule has 1 saturated carbocycles. The second-order valence-corrected chi connectivity index (χ2v) is 6.39. The Kier molecular flexibility index (Phi) is 9.67. The molecule has 0 aromatic rings. The third kappa shape index (κ3) is 8.25. The number of ether oxygens (including phenoxy) is 1. The molecule has 2 unspecified atom stereocenters. The zero-order valence-electron chi connectivity index (χ0n) is 14.5. The summed E-state index contributed by atoms with van der Waals surface area (Å²) >= 11 is 0. The van der Waals surface area contributed by atoms with E-state index in [2.05, 4.69) is 27.3 Å². The molecule has 5 nitrogen and oxygen atoms in total. The summed E-state index contributed by atoms with van der Waals surface area (Å²) in [6.45, 7) is 4.19. The van der Waals surface area contributed by atoms with Gasteiger partial charge in [0.2, 0.25) is 0 Å². The molecule has 0 radical (unpaired) electrons. The average molecular weight is 311 g/mol. The Morgan fingerprint density at radius 2 is 2.00 bits per heavy atom. The number of esters is 1. The van der Waals surface area contributed by atoms with Gasteiger partial charge in [-0.2, -0.15) is 0 Å². The number of carbonyl (C=O) groups excluding carboxylic acids is 1. The molecule has 0 aromatic carbocycles. The minimum absolute atomic E-state index is 0.135. The molecule has 128 valence electrons. The SMILES string of the molecule is CN=C(NCCCCC(=O)OC)NCCC1CCCC(C)C1. The normalized spacial score (nSPS) is 22.2. The highest BCUT2D eigenvalue weighted by molar-refractivity contribution is 5.79. The van der Waals surface area contributed by atoms with Crippen LogP contribution in [0.5, 0.6) is 0 Å². The van der Waals surface area contributed by atoms with Crippen LogP contribution in [0.2, 0.25) is 0 Å². The van der Waals surface area contributed by atoms with Crippen LogP contribution in [0.4, 0.5) is 0 Å². The van der Waals surface area contributed by atoms with E-state index in [1.54, 1.807) is 7.05 Å². The van der Waals surface area contributed by atoms with Crippen molar-refractivity contribution in [3.63, 3.8) is 0 Å². The summed E-state index contributed by atoms with van der Waals surface area (Å²) in [7, 11) is 3.23. The van der Waals surface area contributed by atoms with E-state index in [4.69, 9.17) is 0 Å². The molecule has 2 N–H and O–H groups in total. The molecule has 0 aliphatic heterocycles. The van der Waals surface area contributed by atoms with Crippen molar-refractivity contribution in [2.45, 2.75) is 58.3 Å². The van der Waals surface area contributed by atoms with E-state index in [9.17, 15) is 4.79 Å². The zero-order valence-corrected chi connectivity index (χ0v) is 14.5. The lowest BCUT2D eigenvalue weighted by Gasteiger charge is -2.26. The van der Waals surface area contributed by atoms with Crippen molar-refractivity contribution >= 4 is 11.9 Å². The maximum atomic E-state index is 11.0. The fraction of sp³-hybridized carbons (Fsp3) is 0.882. The molecule has 0 heterocycles. The molecule has 0 spiro atoms. The minimum Gasteiger partial charge on any atom is -0.469 e. The van der Waals surface area contributed by atoms with Gasteiger partial charge in [-0.3, -0.25) is 9.79 Å². The van der Waals surface area contributed by atoms with E-state index in [1.807, 2.05) is 0 Å². The highest BCUT2D eigenvalue weighted by Crippen LogP contribution is 2.30. The van der Waals surface area contributed by atoms with Crippen LogP contribution in [0, 0.1) is 11.8 Å². The van der Waals surface area contributed by atoms with Gasteiger partial charge >= 0.3 is 5.97 Å². The van der Waals surface area contributed by atoms with Crippen molar-refractivity contribution in [2.24, 2.45) is 16.8 Å². The van der Waals surface area contributed by atoms with Crippen molar-refractivity contribution in [3.8, 4) is 0 Å². The van der Waals surface area contributed by atoms with Gasteiger partial charge in [0.15, 0.2) is 5.96 Å². The van der Waals surface area contributed by atoms with E-state index in [1.165, 1.54) is 39.2 Å². The van der Waals surface area contributed by atoms with Crippen molar-refractivity contribution in [3.05, 3.63) is 0 Å². The highest BCUT2D eigenvalue weighted by Gasteiger charge is 2.18. The Hall–Kier alpha value is -1.26. The number of hydrogen-bond donors (Lipinski definition) is 2. The van der Waals surface area contributed by atoms with Gasteiger partial charge in [0.25, 0.3) is 0 Å². The van der Waals surface area contributed by atoms with Crippen LogP contribution in [0.1, 0.15) is 58.3 Å². The first-order valence-corrected chi connectivity index (χ1v) is 8.67. The Bertz CT molecular complexity index is 345. The van der Waals surface area contributed by atoms with Gasteiger partial charge in [0.1, 0.15) is 0 Å².